The number of nitrogens with zero attached hydrogens (tertiary/aromatic N) is 4. The Hall–Kier alpha value is -1.27. The molecular weight excluding hydrogens is 246 g/mol. The molecule has 2 aromatic rings. The van der Waals surface area contributed by atoms with Gasteiger partial charge in [-0.05, 0) is 31.4 Å². The van der Waals surface area contributed by atoms with Crippen LogP contribution in [0.1, 0.15) is 43.2 Å². The van der Waals surface area contributed by atoms with Gasteiger partial charge in [-0.3, -0.25) is 0 Å². The minimum Gasteiger partial charge on any atom is -0.334 e. The Bertz CT molecular complexity index is 448. The Morgan fingerprint density at radius 1 is 1.39 bits per heavy atom. The zero-order valence-corrected chi connectivity index (χ0v) is 11.9. The van der Waals surface area contributed by atoms with Crippen molar-refractivity contribution in [2.75, 3.05) is 6.54 Å². The van der Waals surface area contributed by atoms with E-state index in [2.05, 4.69) is 45.2 Å². The molecule has 1 N–H and O–H groups in total. The normalized spacial score (nSPS) is 12.8. The van der Waals surface area contributed by atoms with E-state index in [4.69, 9.17) is 0 Å². The standard InChI is InChI=1S/C12H19N5S/c1-4-9-11(18-16-15-9)10(13-5-2)12-14-7-8-17(12)6-3/h7-8,10,13H,4-6H2,1-3H3. The number of hydrogen-bond donors (Lipinski definition) is 1. The molecule has 2 aromatic heterocycles. The zero-order chi connectivity index (χ0) is 13.0. The molecule has 0 saturated heterocycles. The predicted octanol–water partition coefficient (Wildman–Crippen LogP) is 2.02. The predicted molar refractivity (Wildman–Crippen MR) is 72.7 cm³/mol. The Balaban J connectivity index is 2.40. The molecule has 0 spiro atoms. The maximum atomic E-state index is 4.49. The molecule has 5 nitrogen and oxygen atoms in total. The van der Waals surface area contributed by atoms with Gasteiger partial charge < -0.3 is 9.88 Å². The molecule has 98 valence electrons. The van der Waals surface area contributed by atoms with Gasteiger partial charge in [0.2, 0.25) is 0 Å². The highest BCUT2D eigenvalue weighted by Crippen LogP contribution is 2.26. The van der Waals surface area contributed by atoms with Crippen LogP contribution >= 0.6 is 11.5 Å². The third-order valence-electron chi connectivity index (χ3n) is 2.94. The van der Waals surface area contributed by atoms with Crippen LogP contribution in [0.5, 0.6) is 0 Å². The highest BCUT2D eigenvalue weighted by atomic mass is 32.1. The van der Waals surface area contributed by atoms with E-state index in [9.17, 15) is 0 Å². The first-order valence-electron chi connectivity index (χ1n) is 6.37. The van der Waals surface area contributed by atoms with E-state index < -0.39 is 0 Å². The van der Waals surface area contributed by atoms with Crippen molar-refractivity contribution in [1.82, 2.24) is 24.5 Å². The van der Waals surface area contributed by atoms with E-state index in [1.807, 2.05) is 12.4 Å². The summed E-state index contributed by atoms with van der Waals surface area (Å²) in [5.74, 6) is 1.04. The maximum absolute atomic E-state index is 4.49. The maximum Gasteiger partial charge on any atom is 0.131 e. The van der Waals surface area contributed by atoms with Crippen LogP contribution < -0.4 is 5.32 Å². The average molecular weight is 265 g/mol. The van der Waals surface area contributed by atoms with Crippen LogP contribution in [-0.2, 0) is 13.0 Å². The molecule has 2 heterocycles. The molecule has 0 saturated carbocycles. The van der Waals surface area contributed by atoms with Crippen LogP contribution in [-0.4, -0.2) is 25.7 Å². The lowest BCUT2D eigenvalue weighted by Gasteiger charge is -2.17. The summed E-state index contributed by atoms with van der Waals surface area (Å²) in [6.07, 6.45) is 4.77. The topological polar surface area (TPSA) is 55.6 Å². The van der Waals surface area contributed by atoms with Crippen molar-refractivity contribution in [1.29, 1.82) is 0 Å². The van der Waals surface area contributed by atoms with Crippen molar-refractivity contribution in [3.63, 3.8) is 0 Å². The Morgan fingerprint density at radius 3 is 2.89 bits per heavy atom. The summed E-state index contributed by atoms with van der Waals surface area (Å²) in [4.78, 5) is 5.67. The first-order valence-corrected chi connectivity index (χ1v) is 7.14. The fourth-order valence-corrected chi connectivity index (χ4v) is 2.85. The van der Waals surface area contributed by atoms with E-state index >= 15 is 0 Å². The Morgan fingerprint density at radius 2 is 2.22 bits per heavy atom. The van der Waals surface area contributed by atoms with Gasteiger partial charge in [0.05, 0.1) is 10.6 Å². The van der Waals surface area contributed by atoms with Crippen molar-refractivity contribution >= 4 is 11.5 Å². The lowest BCUT2D eigenvalue weighted by Crippen LogP contribution is -2.25. The third kappa shape index (κ3) is 2.44. The van der Waals surface area contributed by atoms with Crippen molar-refractivity contribution < 1.29 is 0 Å². The zero-order valence-electron chi connectivity index (χ0n) is 11.1. The molecule has 6 heteroatoms. The summed E-state index contributed by atoms with van der Waals surface area (Å²) in [5, 5.41) is 7.68. The molecule has 0 fully saturated rings. The van der Waals surface area contributed by atoms with Gasteiger partial charge in [-0.25, -0.2) is 4.98 Å². The SMILES string of the molecule is CCNC(c1snnc1CC)c1nccn1CC. The lowest BCUT2D eigenvalue weighted by atomic mass is 10.1. The van der Waals surface area contributed by atoms with Gasteiger partial charge in [-0.1, -0.05) is 18.3 Å². The molecule has 0 bridgehead atoms. The minimum absolute atomic E-state index is 0.0971. The van der Waals surface area contributed by atoms with Gasteiger partial charge in [-0.2, -0.15) is 0 Å². The summed E-state index contributed by atoms with van der Waals surface area (Å²) in [6, 6.07) is 0.0971. The van der Waals surface area contributed by atoms with Gasteiger partial charge in [0.1, 0.15) is 11.9 Å². The van der Waals surface area contributed by atoms with Gasteiger partial charge in [0.15, 0.2) is 0 Å². The second-order valence-corrected chi connectivity index (χ2v) is 4.79. The minimum atomic E-state index is 0.0971. The van der Waals surface area contributed by atoms with E-state index in [0.29, 0.717) is 0 Å². The van der Waals surface area contributed by atoms with Crippen molar-refractivity contribution in [3.05, 3.63) is 28.8 Å². The first-order chi connectivity index (χ1) is 8.81. The fourth-order valence-electron chi connectivity index (χ4n) is 2.03. The molecule has 0 aromatic carbocycles. The lowest BCUT2D eigenvalue weighted by molar-refractivity contribution is 0.561. The van der Waals surface area contributed by atoms with Crippen molar-refractivity contribution in [2.24, 2.45) is 0 Å². The molecule has 0 aliphatic carbocycles. The monoisotopic (exact) mass is 265 g/mol. The largest absolute Gasteiger partial charge is 0.334 e. The van der Waals surface area contributed by atoms with E-state index in [1.54, 1.807) is 0 Å². The molecular formula is C12H19N5S. The van der Waals surface area contributed by atoms with E-state index in [-0.39, 0.29) is 6.04 Å². The number of imidazole rings is 1. The van der Waals surface area contributed by atoms with Crippen LogP contribution in [0, 0.1) is 0 Å². The number of hydrogen-bond acceptors (Lipinski definition) is 5. The van der Waals surface area contributed by atoms with Crippen molar-refractivity contribution in [3.8, 4) is 0 Å². The fraction of sp³-hybridized carbons (Fsp3) is 0.583. The molecule has 0 aliphatic heterocycles. The molecule has 0 aliphatic rings. The second kappa shape index (κ2) is 6.06. The molecule has 1 atom stereocenters. The first kappa shape index (κ1) is 13.2. The molecule has 0 amide bonds. The van der Waals surface area contributed by atoms with E-state index in [0.717, 1.165) is 31.0 Å². The Labute approximate surface area is 111 Å². The summed E-state index contributed by atoms with van der Waals surface area (Å²) in [7, 11) is 0. The quantitative estimate of drug-likeness (QED) is 0.868. The average Bonchev–Trinajstić information content (AvgIpc) is 3.04. The van der Waals surface area contributed by atoms with Crippen LogP contribution in [0.2, 0.25) is 0 Å². The molecule has 0 radical (unpaired) electrons. The molecule has 2 rings (SSSR count). The van der Waals surface area contributed by atoms with E-state index in [1.165, 1.54) is 16.4 Å². The van der Waals surface area contributed by atoms with Gasteiger partial charge >= 0.3 is 0 Å². The summed E-state index contributed by atoms with van der Waals surface area (Å²) >= 11 is 1.46. The van der Waals surface area contributed by atoms with Crippen LogP contribution in [0.4, 0.5) is 0 Å². The van der Waals surface area contributed by atoms with Gasteiger partial charge in [0, 0.05) is 18.9 Å². The van der Waals surface area contributed by atoms with Crippen LogP contribution in [0.25, 0.3) is 0 Å². The summed E-state index contributed by atoms with van der Waals surface area (Å²) in [5.41, 5.74) is 1.07. The number of aromatic nitrogens is 4. The molecule has 1 unspecified atom stereocenters. The smallest absolute Gasteiger partial charge is 0.131 e. The highest BCUT2D eigenvalue weighted by Gasteiger charge is 2.23. The van der Waals surface area contributed by atoms with Gasteiger partial charge in [-0.15, -0.1) is 5.10 Å². The number of aryl methyl sites for hydroxylation is 2. The third-order valence-corrected chi connectivity index (χ3v) is 3.77. The van der Waals surface area contributed by atoms with Gasteiger partial charge in [0.25, 0.3) is 0 Å². The number of nitrogens with one attached hydrogen (secondary N) is 1. The number of rotatable bonds is 6. The Kier molecular flexibility index (Phi) is 4.43. The summed E-state index contributed by atoms with van der Waals surface area (Å²) < 4.78 is 6.24. The second-order valence-electron chi connectivity index (χ2n) is 4.00. The highest BCUT2D eigenvalue weighted by molar-refractivity contribution is 7.05. The molecule has 18 heavy (non-hydrogen) atoms. The van der Waals surface area contributed by atoms with Crippen LogP contribution in [0.3, 0.4) is 0 Å². The summed E-state index contributed by atoms with van der Waals surface area (Å²) in [6.45, 7) is 8.15. The van der Waals surface area contributed by atoms with Crippen molar-refractivity contribution in [2.45, 2.75) is 39.8 Å². The van der Waals surface area contributed by atoms with Crippen LogP contribution in [0.15, 0.2) is 12.4 Å².